The molecule has 0 aliphatic heterocycles. The van der Waals surface area contributed by atoms with E-state index in [0.717, 1.165) is 0 Å². The minimum Gasteiger partial charge on any atom is -0.273 e. The molecular weight excluding hydrogens is 366 g/mol. The number of carbonyl (C=O) groups is 2. The molecule has 0 saturated heterocycles. The smallest absolute Gasteiger partial charge is 0.270 e. The molecule has 2 rings (SSSR count). The molecule has 0 aliphatic rings. The van der Waals surface area contributed by atoms with Crippen molar-refractivity contribution in [2.24, 2.45) is 0 Å². The molecule has 8 heteroatoms. The van der Waals surface area contributed by atoms with Gasteiger partial charge in [-0.2, -0.15) is 0 Å². The maximum Gasteiger partial charge on any atom is 0.270 e. The highest BCUT2D eigenvalue weighted by Gasteiger charge is 2.11. The lowest BCUT2D eigenvalue weighted by Gasteiger charge is -2.08. The zero-order chi connectivity index (χ0) is 16.8. The van der Waals surface area contributed by atoms with Gasteiger partial charge in [0.2, 0.25) is 5.91 Å². The first-order chi connectivity index (χ1) is 11.0. The highest BCUT2D eigenvalue weighted by molar-refractivity contribution is 9.10. The Balaban J connectivity index is 1.89. The molecule has 0 heterocycles. The van der Waals surface area contributed by atoms with Gasteiger partial charge in [0.1, 0.15) is 0 Å². The minimum atomic E-state index is -0.512. The van der Waals surface area contributed by atoms with Gasteiger partial charge in [-0.1, -0.05) is 24.3 Å². The van der Waals surface area contributed by atoms with Crippen molar-refractivity contribution in [3.8, 4) is 0 Å². The van der Waals surface area contributed by atoms with Gasteiger partial charge in [-0.15, -0.1) is 0 Å². The molecule has 0 unspecified atom stereocenters. The van der Waals surface area contributed by atoms with E-state index >= 15 is 0 Å². The molecule has 2 aromatic rings. The third-order valence-electron chi connectivity index (χ3n) is 2.95. The average Bonchev–Trinajstić information content (AvgIpc) is 2.53. The minimum absolute atomic E-state index is 0.00572. The van der Waals surface area contributed by atoms with E-state index < -0.39 is 16.7 Å². The van der Waals surface area contributed by atoms with Gasteiger partial charge in [-0.05, 0) is 33.6 Å². The first-order valence-corrected chi connectivity index (χ1v) is 7.33. The number of amides is 2. The number of nitrogens with one attached hydrogen (secondary N) is 2. The molecule has 2 amide bonds. The summed E-state index contributed by atoms with van der Waals surface area (Å²) in [6, 6.07) is 12.4. The fraction of sp³-hybridized carbons (Fsp3) is 0.0667. The monoisotopic (exact) mass is 377 g/mol. The zero-order valence-electron chi connectivity index (χ0n) is 11.8. The predicted octanol–water partition coefficient (Wildman–Crippen LogP) is 2.36. The third-order valence-corrected chi connectivity index (χ3v) is 3.64. The van der Waals surface area contributed by atoms with Crippen LogP contribution in [0.5, 0.6) is 0 Å². The van der Waals surface area contributed by atoms with Gasteiger partial charge in [0.15, 0.2) is 0 Å². The Kier molecular flexibility index (Phi) is 5.42. The van der Waals surface area contributed by atoms with Gasteiger partial charge in [0.05, 0.1) is 16.9 Å². The molecule has 2 N–H and O–H groups in total. The normalized spacial score (nSPS) is 9.96. The zero-order valence-corrected chi connectivity index (χ0v) is 13.4. The van der Waals surface area contributed by atoms with Crippen LogP contribution < -0.4 is 10.9 Å². The molecule has 23 heavy (non-hydrogen) atoms. The van der Waals surface area contributed by atoms with Gasteiger partial charge >= 0.3 is 0 Å². The molecule has 118 valence electrons. The molecule has 0 bridgehead atoms. The lowest BCUT2D eigenvalue weighted by atomic mass is 10.1. The quantitative estimate of drug-likeness (QED) is 0.630. The van der Waals surface area contributed by atoms with E-state index in [2.05, 4.69) is 26.8 Å². The number of carbonyl (C=O) groups excluding carboxylic acids is 2. The second kappa shape index (κ2) is 7.50. The van der Waals surface area contributed by atoms with Crippen LogP contribution in [-0.2, 0) is 11.2 Å². The van der Waals surface area contributed by atoms with Crippen LogP contribution in [0, 0.1) is 10.1 Å². The van der Waals surface area contributed by atoms with Crippen molar-refractivity contribution in [1.82, 2.24) is 10.9 Å². The van der Waals surface area contributed by atoms with Gasteiger partial charge in [-0.3, -0.25) is 30.6 Å². The number of hydrazine groups is 1. The van der Waals surface area contributed by atoms with Gasteiger partial charge in [-0.25, -0.2) is 0 Å². The van der Waals surface area contributed by atoms with Crippen molar-refractivity contribution in [3.63, 3.8) is 0 Å². The highest BCUT2D eigenvalue weighted by atomic mass is 79.9. The fourth-order valence-electron chi connectivity index (χ4n) is 1.80. The standard InChI is InChI=1S/C15H12BrN3O4/c16-13-4-2-1-3-12(13)15(21)18-17-14(20)9-10-5-7-11(8-6-10)19(22)23/h1-8H,9H2,(H,17,20)(H,18,21). The number of benzene rings is 2. The van der Waals surface area contributed by atoms with Crippen LogP contribution in [0.25, 0.3) is 0 Å². The lowest BCUT2D eigenvalue weighted by Crippen LogP contribution is -2.42. The van der Waals surface area contributed by atoms with Gasteiger partial charge in [0.25, 0.3) is 11.6 Å². The first kappa shape index (κ1) is 16.6. The Hall–Kier alpha value is -2.74. The molecule has 7 nitrogen and oxygen atoms in total. The average molecular weight is 378 g/mol. The maximum atomic E-state index is 11.9. The van der Waals surface area contributed by atoms with Gasteiger partial charge in [0, 0.05) is 16.6 Å². The van der Waals surface area contributed by atoms with E-state index in [1.54, 1.807) is 24.3 Å². The van der Waals surface area contributed by atoms with E-state index in [1.165, 1.54) is 24.3 Å². The molecule has 0 saturated carbocycles. The van der Waals surface area contributed by atoms with Crippen LogP contribution in [0.1, 0.15) is 15.9 Å². The van der Waals surface area contributed by atoms with Crippen molar-refractivity contribution in [1.29, 1.82) is 0 Å². The van der Waals surface area contributed by atoms with Crippen LogP contribution in [0.3, 0.4) is 0 Å². The van der Waals surface area contributed by atoms with E-state index in [4.69, 9.17) is 0 Å². The van der Waals surface area contributed by atoms with E-state index in [9.17, 15) is 19.7 Å². The third kappa shape index (κ3) is 4.62. The number of nitro benzene ring substituents is 1. The van der Waals surface area contributed by atoms with Crippen LogP contribution in [-0.4, -0.2) is 16.7 Å². The number of nitro groups is 1. The van der Waals surface area contributed by atoms with Crippen LogP contribution in [0.4, 0.5) is 5.69 Å². The topological polar surface area (TPSA) is 101 Å². The molecule has 0 fully saturated rings. The van der Waals surface area contributed by atoms with Crippen molar-refractivity contribution in [3.05, 3.63) is 74.2 Å². The van der Waals surface area contributed by atoms with Crippen LogP contribution >= 0.6 is 15.9 Å². The summed E-state index contributed by atoms with van der Waals surface area (Å²) in [4.78, 5) is 33.7. The van der Waals surface area contributed by atoms with E-state index in [0.29, 0.717) is 15.6 Å². The summed E-state index contributed by atoms with van der Waals surface area (Å²) in [7, 11) is 0. The molecular formula is C15H12BrN3O4. The van der Waals surface area contributed by atoms with Crippen molar-refractivity contribution >= 4 is 33.4 Å². The Labute approximate surface area is 139 Å². The summed E-state index contributed by atoms with van der Waals surface area (Å²) >= 11 is 3.25. The largest absolute Gasteiger partial charge is 0.273 e. The number of non-ortho nitro benzene ring substituents is 1. The Morgan fingerprint density at radius 1 is 1.04 bits per heavy atom. The number of nitrogens with zero attached hydrogens (tertiary/aromatic N) is 1. The second-order valence-corrected chi connectivity index (χ2v) is 5.44. The summed E-state index contributed by atoms with van der Waals surface area (Å²) in [6.07, 6.45) is -0.00572. The maximum absolute atomic E-state index is 11.9. The number of halogens is 1. The second-order valence-electron chi connectivity index (χ2n) is 4.58. The molecule has 0 radical (unpaired) electrons. The summed E-state index contributed by atoms with van der Waals surface area (Å²) in [5.74, 6) is -0.881. The molecule has 2 aromatic carbocycles. The SMILES string of the molecule is O=C(Cc1ccc([N+](=O)[O-])cc1)NNC(=O)c1ccccc1Br. The molecule has 0 atom stereocenters. The summed E-state index contributed by atoms with van der Waals surface area (Å²) in [6.45, 7) is 0. The van der Waals surface area contributed by atoms with Crippen molar-refractivity contribution < 1.29 is 14.5 Å². The first-order valence-electron chi connectivity index (χ1n) is 6.54. The molecule has 0 aromatic heterocycles. The van der Waals surface area contributed by atoms with E-state index in [-0.39, 0.29) is 12.1 Å². The summed E-state index contributed by atoms with van der Waals surface area (Å²) in [5.41, 5.74) is 5.56. The van der Waals surface area contributed by atoms with Crippen LogP contribution in [0.15, 0.2) is 53.0 Å². The predicted molar refractivity (Wildman–Crippen MR) is 86.6 cm³/mol. The van der Waals surface area contributed by atoms with Gasteiger partial charge < -0.3 is 0 Å². The fourth-order valence-corrected chi connectivity index (χ4v) is 2.27. The summed E-state index contributed by atoms with van der Waals surface area (Å²) in [5, 5.41) is 10.5. The molecule has 0 spiro atoms. The Morgan fingerprint density at radius 2 is 1.70 bits per heavy atom. The lowest BCUT2D eigenvalue weighted by molar-refractivity contribution is -0.384. The Morgan fingerprint density at radius 3 is 2.30 bits per heavy atom. The van der Waals surface area contributed by atoms with Crippen molar-refractivity contribution in [2.45, 2.75) is 6.42 Å². The summed E-state index contributed by atoms with van der Waals surface area (Å²) < 4.78 is 0.613. The van der Waals surface area contributed by atoms with Crippen molar-refractivity contribution in [2.75, 3.05) is 0 Å². The van der Waals surface area contributed by atoms with E-state index in [1.807, 2.05) is 0 Å². The molecule has 0 aliphatic carbocycles. The highest BCUT2D eigenvalue weighted by Crippen LogP contribution is 2.15. The Bertz CT molecular complexity index is 747. The number of hydrogen-bond acceptors (Lipinski definition) is 4. The van der Waals surface area contributed by atoms with Crippen LogP contribution in [0.2, 0.25) is 0 Å². The number of rotatable bonds is 4. The number of hydrogen-bond donors (Lipinski definition) is 2.